The van der Waals surface area contributed by atoms with Crippen LogP contribution in [0.15, 0.2) is 53.2 Å². The number of benzene rings is 1. The summed E-state index contributed by atoms with van der Waals surface area (Å²) in [4.78, 5) is 0. The third kappa shape index (κ3) is 2.14. The molecule has 0 saturated carbocycles. The van der Waals surface area contributed by atoms with E-state index in [0.29, 0.717) is 23.5 Å². The fraction of sp³-hybridized carbons (Fsp3) is 0.125. The Hall–Kier alpha value is -3.02. The fourth-order valence-corrected chi connectivity index (χ4v) is 2.49. The highest BCUT2D eigenvalue weighted by Gasteiger charge is 2.42. The average molecular weight is 296 g/mol. The molecule has 6 heteroatoms. The summed E-state index contributed by atoms with van der Waals surface area (Å²) in [5.74, 6) is 1.07. The Bertz CT molecular complexity index is 747. The van der Waals surface area contributed by atoms with Crippen molar-refractivity contribution in [2.75, 3.05) is 0 Å². The largest absolute Gasteiger partial charge is 0.471 e. The second-order valence-electron chi connectivity index (χ2n) is 5.08. The van der Waals surface area contributed by atoms with E-state index in [9.17, 15) is 0 Å². The van der Waals surface area contributed by atoms with Crippen molar-refractivity contribution in [1.82, 2.24) is 0 Å². The molecule has 1 unspecified atom stereocenters. The van der Waals surface area contributed by atoms with E-state index in [1.54, 1.807) is 42.7 Å². The maximum absolute atomic E-state index is 7.95. The second-order valence-corrected chi connectivity index (χ2v) is 5.08. The summed E-state index contributed by atoms with van der Waals surface area (Å²) >= 11 is 0. The monoisotopic (exact) mass is 296 g/mol. The molecule has 6 nitrogen and oxygen atoms in total. The molecule has 0 radical (unpaired) electrons. The first-order chi connectivity index (χ1) is 10.5. The first-order valence-corrected chi connectivity index (χ1v) is 6.75. The van der Waals surface area contributed by atoms with Crippen molar-refractivity contribution in [1.29, 1.82) is 10.8 Å². The molecule has 6 N–H and O–H groups in total. The Morgan fingerprint density at radius 2 is 1.82 bits per heavy atom. The molecular formula is C16H16N4O2. The molecule has 0 spiro atoms. The number of rotatable bonds is 4. The predicted octanol–water partition coefficient (Wildman–Crippen LogP) is 2.16. The Labute approximate surface area is 127 Å². The summed E-state index contributed by atoms with van der Waals surface area (Å²) in [5.41, 5.74) is 11.6. The lowest BCUT2D eigenvalue weighted by Crippen LogP contribution is -2.40. The summed E-state index contributed by atoms with van der Waals surface area (Å²) in [6.45, 7) is 0. The number of nitrogen functional groups attached to an aromatic ring is 1. The van der Waals surface area contributed by atoms with Crippen LogP contribution in [0.5, 0.6) is 0 Å². The summed E-state index contributed by atoms with van der Waals surface area (Å²) in [6.07, 6.45) is 3.87. The van der Waals surface area contributed by atoms with Crippen LogP contribution in [0.2, 0.25) is 0 Å². The summed E-state index contributed by atoms with van der Waals surface area (Å²) in [5, 5.41) is 15.4. The molecule has 1 atom stereocenters. The number of hydrogen-bond acceptors (Lipinski definition) is 4. The van der Waals surface area contributed by atoms with Crippen molar-refractivity contribution in [2.45, 2.75) is 12.0 Å². The van der Waals surface area contributed by atoms with Gasteiger partial charge in [0.25, 0.3) is 0 Å². The van der Waals surface area contributed by atoms with E-state index >= 15 is 0 Å². The minimum absolute atomic E-state index is 0.00911. The number of amidine groups is 2. The minimum atomic E-state index is -1.04. The molecule has 112 valence electrons. The molecule has 2 aromatic rings. The van der Waals surface area contributed by atoms with Crippen LogP contribution in [0.4, 0.5) is 0 Å². The Morgan fingerprint density at radius 1 is 1.09 bits per heavy atom. The van der Waals surface area contributed by atoms with Crippen molar-refractivity contribution >= 4 is 17.4 Å². The number of nitrogens with one attached hydrogen (secondary N) is 2. The third-order valence-corrected chi connectivity index (χ3v) is 3.72. The molecule has 22 heavy (non-hydrogen) atoms. The normalized spacial score (nSPS) is 20.3. The highest BCUT2D eigenvalue weighted by Crippen LogP contribution is 2.41. The van der Waals surface area contributed by atoms with E-state index in [1.165, 1.54) is 0 Å². The predicted molar refractivity (Wildman–Crippen MR) is 83.4 cm³/mol. The lowest BCUT2D eigenvalue weighted by atomic mass is 9.89. The van der Waals surface area contributed by atoms with Gasteiger partial charge in [-0.15, -0.1) is 0 Å². The van der Waals surface area contributed by atoms with Gasteiger partial charge in [0, 0.05) is 17.5 Å². The lowest BCUT2D eigenvalue weighted by Gasteiger charge is -2.29. The van der Waals surface area contributed by atoms with E-state index in [1.807, 2.05) is 6.08 Å². The van der Waals surface area contributed by atoms with Gasteiger partial charge in [0.15, 0.2) is 17.1 Å². The lowest BCUT2D eigenvalue weighted by molar-refractivity contribution is 0.125. The smallest absolute Gasteiger partial charge is 0.194 e. The van der Waals surface area contributed by atoms with Gasteiger partial charge in [-0.3, -0.25) is 10.8 Å². The maximum Gasteiger partial charge on any atom is 0.194 e. The van der Waals surface area contributed by atoms with Gasteiger partial charge in [-0.25, -0.2) is 0 Å². The topological polar surface area (TPSA) is 122 Å². The van der Waals surface area contributed by atoms with Gasteiger partial charge in [-0.05, 0) is 18.2 Å². The van der Waals surface area contributed by atoms with E-state index in [2.05, 4.69) is 0 Å². The Kier molecular flexibility index (Phi) is 3.21. The molecular weight excluding hydrogens is 280 g/mol. The van der Waals surface area contributed by atoms with Crippen molar-refractivity contribution in [2.24, 2.45) is 11.5 Å². The first-order valence-electron chi connectivity index (χ1n) is 6.75. The van der Waals surface area contributed by atoms with Crippen LogP contribution >= 0.6 is 0 Å². The molecule has 0 aliphatic carbocycles. The van der Waals surface area contributed by atoms with Crippen molar-refractivity contribution in [3.63, 3.8) is 0 Å². The molecule has 3 rings (SSSR count). The van der Waals surface area contributed by atoms with Crippen LogP contribution < -0.4 is 11.5 Å². The van der Waals surface area contributed by atoms with E-state index in [4.69, 9.17) is 31.4 Å². The van der Waals surface area contributed by atoms with Crippen molar-refractivity contribution in [3.8, 4) is 0 Å². The molecule has 1 aromatic carbocycles. The van der Waals surface area contributed by atoms with Crippen LogP contribution in [-0.4, -0.2) is 11.7 Å². The van der Waals surface area contributed by atoms with Crippen LogP contribution in [0.3, 0.4) is 0 Å². The minimum Gasteiger partial charge on any atom is -0.471 e. The molecule has 0 fully saturated rings. The Balaban J connectivity index is 1.94. The van der Waals surface area contributed by atoms with Gasteiger partial charge in [0.2, 0.25) is 0 Å². The average Bonchev–Trinajstić information content (AvgIpc) is 3.17. The molecule has 0 bridgehead atoms. The van der Waals surface area contributed by atoms with E-state index < -0.39 is 5.60 Å². The zero-order valence-electron chi connectivity index (χ0n) is 11.8. The van der Waals surface area contributed by atoms with Gasteiger partial charge in [-0.2, -0.15) is 0 Å². The van der Waals surface area contributed by atoms with Crippen LogP contribution in [-0.2, 0) is 10.3 Å². The van der Waals surface area contributed by atoms with E-state index in [0.717, 1.165) is 5.56 Å². The number of furan rings is 1. The third-order valence-electron chi connectivity index (χ3n) is 3.72. The molecule has 2 heterocycles. The summed E-state index contributed by atoms with van der Waals surface area (Å²) < 4.78 is 11.3. The summed E-state index contributed by atoms with van der Waals surface area (Å²) in [6, 6.07) is 10.6. The maximum atomic E-state index is 7.95. The first kappa shape index (κ1) is 13.9. The molecule has 1 aliphatic rings. The van der Waals surface area contributed by atoms with Gasteiger partial charge in [-0.1, -0.05) is 24.3 Å². The molecule has 0 amide bonds. The van der Waals surface area contributed by atoms with Crippen LogP contribution in [0, 0.1) is 10.8 Å². The standard InChI is InChI=1S/C16H16N4O2/c17-14(18)10-3-5-11(6-4-10)16(15(19)20)8-7-13(22-16)12-2-1-9-21-12/h1-7,9H,8H2,(H3,17,18)(H3,19,20). The van der Waals surface area contributed by atoms with Crippen LogP contribution in [0.25, 0.3) is 5.76 Å². The summed E-state index contributed by atoms with van der Waals surface area (Å²) in [7, 11) is 0. The van der Waals surface area contributed by atoms with Crippen LogP contribution in [0.1, 0.15) is 23.3 Å². The number of hydrogen-bond donors (Lipinski definition) is 4. The van der Waals surface area contributed by atoms with E-state index in [-0.39, 0.29) is 11.7 Å². The van der Waals surface area contributed by atoms with Crippen molar-refractivity contribution < 1.29 is 9.15 Å². The SMILES string of the molecule is N=C(N)c1ccc(C2(C(=N)N)CC=C(c3ccco3)O2)cc1. The zero-order valence-corrected chi connectivity index (χ0v) is 11.8. The number of ether oxygens (including phenoxy) is 1. The van der Waals surface area contributed by atoms with Gasteiger partial charge >= 0.3 is 0 Å². The number of nitrogens with two attached hydrogens (primary N) is 2. The Morgan fingerprint density at radius 3 is 2.36 bits per heavy atom. The molecule has 0 saturated heterocycles. The van der Waals surface area contributed by atoms with Crippen molar-refractivity contribution in [3.05, 3.63) is 65.6 Å². The molecule has 1 aliphatic heterocycles. The highest BCUT2D eigenvalue weighted by atomic mass is 16.5. The highest BCUT2D eigenvalue weighted by molar-refractivity contribution is 5.95. The van der Waals surface area contributed by atoms with Gasteiger partial charge in [0.05, 0.1) is 6.26 Å². The van der Waals surface area contributed by atoms with Gasteiger partial charge < -0.3 is 20.6 Å². The zero-order chi connectivity index (χ0) is 15.7. The quantitative estimate of drug-likeness (QED) is 0.510. The second kappa shape index (κ2) is 5.07. The fourth-order valence-electron chi connectivity index (χ4n) is 2.49. The molecule has 1 aromatic heterocycles. The van der Waals surface area contributed by atoms with Gasteiger partial charge in [0.1, 0.15) is 11.7 Å².